The van der Waals surface area contributed by atoms with Crippen molar-refractivity contribution >= 4 is 11.7 Å². The maximum atomic E-state index is 12.8. The van der Waals surface area contributed by atoms with Gasteiger partial charge in [-0.05, 0) is 36.4 Å². The predicted molar refractivity (Wildman–Crippen MR) is 96.6 cm³/mol. The van der Waals surface area contributed by atoms with E-state index in [1.54, 1.807) is 36.0 Å². The van der Waals surface area contributed by atoms with Crippen molar-refractivity contribution in [3.8, 4) is 22.7 Å². The van der Waals surface area contributed by atoms with Crippen molar-refractivity contribution in [2.75, 3.05) is 19.5 Å². The summed E-state index contributed by atoms with van der Waals surface area (Å²) in [7, 11) is 2.98. The Morgan fingerprint density at radius 1 is 1.21 bits per heavy atom. The van der Waals surface area contributed by atoms with Crippen LogP contribution in [0.4, 0.5) is 18.9 Å². The molecule has 0 saturated carbocycles. The van der Waals surface area contributed by atoms with Gasteiger partial charge in [-0.2, -0.15) is 13.2 Å². The van der Waals surface area contributed by atoms with Crippen molar-refractivity contribution in [1.29, 1.82) is 0 Å². The van der Waals surface area contributed by atoms with E-state index in [1.807, 2.05) is 0 Å². The molecule has 0 aliphatic rings. The van der Waals surface area contributed by atoms with Gasteiger partial charge in [0, 0.05) is 18.8 Å². The van der Waals surface area contributed by atoms with Gasteiger partial charge < -0.3 is 19.7 Å². The molecule has 0 aliphatic carbocycles. The number of methoxy groups -OCH3 is 1. The summed E-state index contributed by atoms with van der Waals surface area (Å²) in [6.45, 7) is 0. The highest BCUT2D eigenvalue weighted by atomic mass is 19.4. The van der Waals surface area contributed by atoms with E-state index in [-0.39, 0.29) is 11.3 Å². The summed E-state index contributed by atoms with van der Waals surface area (Å²) in [6, 6.07) is 7.58. The minimum Gasteiger partial charge on any atom is -0.507 e. The molecule has 3 rings (SSSR count). The first-order chi connectivity index (χ1) is 13.2. The lowest BCUT2D eigenvalue weighted by Crippen LogP contribution is -2.05. The molecule has 0 saturated heterocycles. The van der Waals surface area contributed by atoms with Crippen molar-refractivity contribution in [2.24, 2.45) is 0 Å². The Labute approximate surface area is 158 Å². The second-order valence-electron chi connectivity index (χ2n) is 5.87. The van der Waals surface area contributed by atoms with Crippen molar-refractivity contribution < 1.29 is 27.8 Å². The average molecular weight is 391 g/mol. The summed E-state index contributed by atoms with van der Waals surface area (Å²) in [5.41, 5.74) is 1.07. The molecule has 1 heterocycles. The van der Waals surface area contributed by atoms with Crippen LogP contribution in [0.2, 0.25) is 0 Å². The molecule has 0 fully saturated rings. The molecule has 146 valence electrons. The maximum absolute atomic E-state index is 12.8. The predicted octanol–water partition coefficient (Wildman–Crippen LogP) is 4.09. The number of halogens is 3. The number of alkyl halides is 3. The Morgan fingerprint density at radius 3 is 2.57 bits per heavy atom. The number of phenolic OH excluding ortho intramolecular Hbond substituents is 1. The number of phenols is 1. The molecule has 0 bridgehead atoms. The van der Waals surface area contributed by atoms with E-state index in [9.17, 15) is 23.1 Å². The number of esters is 1. The number of aromatic hydroxyl groups is 1. The van der Waals surface area contributed by atoms with Gasteiger partial charge in [0.1, 0.15) is 5.75 Å². The van der Waals surface area contributed by atoms with E-state index < -0.39 is 23.5 Å². The second-order valence-corrected chi connectivity index (χ2v) is 5.87. The fraction of sp³-hybridized carbons (Fsp3) is 0.158. The molecule has 0 amide bonds. The number of rotatable bonds is 4. The van der Waals surface area contributed by atoms with Gasteiger partial charge in [0.15, 0.2) is 0 Å². The van der Waals surface area contributed by atoms with Crippen LogP contribution in [0.25, 0.3) is 16.9 Å². The number of carbonyl (C=O) groups excluding carboxylic acids is 1. The third kappa shape index (κ3) is 3.64. The largest absolute Gasteiger partial charge is 0.507 e. The summed E-state index contributed by atoms with van der Waals surface area (Å²) >= 11 is 0. The van der Waals surface area contributed by atoms with Gasteiger partial charge in [-0.15, -0.1) is 0 Å². The smallest absolute Gasteiger partial charge is 0.416 e. The topological polar surface area (TPSA) is 76.4 Å². The lowest BCUT2D eigenvalue weighted by molar-refractivity contribution is -0.137. The monoisotopic (exact) mass is 391 g/mol. The SMILES string of the molecule is CNc1ccc(C(=O)OC)cc1-n1cnc(-c2ccc(C(F)(F)F)cc2O)c1. The van der Waals surface area contributed by atoms with Crippen LogP contribution >= 0.6 is 0 Å². The van der Waals surface area contributed by atoms with E-state index in [0.29, 0.717) is 23.0 Å². The summed E-state index contributed by atoms with van der Waals surface area (Å²) < 4.78 is 44.6. The van der Waals surface area contributed by atoms with Gasteiger partial charge in [0.2, 0.25) is 0 Å². The fourth-order valence-corrected chi connectivity index (χ4v) is 2.72. The van der Waals surface area contributed by atoms with Gasteiger partial charge in [-0.25, -0.2) is 9.78 Å². The fourth-order valence-electron chi connectivity index (χ4n) is 2.72. The molecule has 3 aromatic rings. The Kier molecular flexibility index (Phi) is 5.00. The second kappa shape index (κ2) is 7.26. The van der Waals surface area contributed by atoms with Crippen LogP contribution in [0.5, 0.6) is 5.75 Å². The van der Waals surface area contributed by atoms with Crippen LogP contribution in [0.15, 0.2) is 48.9 Å². The van der Waals surface area contributed by atoms with E-state index in [1.165, 1.54) is 13.4 Å². The van der Waals surface area contributed by atoms with Crippen molar-refractivity contribution in [3.05, 3.63) is 60.0 Å². The van der Waals surface area contributed by atoms with Crippen LogP contribution in [-0.2, 0) is 10.9 Å². The zero-order valence-corrected chi connectivity index (χ0v) is 14.9. The van der Waals surface area contributed by atoms with Crippen molar-refractivity contribution in [2.45, 2.75) is 6.18 Å². The number of imidazole rings is 1. The Hall–Kier alpha value is -3.49. The van der Waals surface area contributed by atoms with Gasteiger partial charge in [0.05, 0.1) is 41.6 Å². The number of hydrogen-bond donors (Lipinski definition) is 2. The first kappa shape index (κ1) is 19.3. The number of hydrogen-bond acceptors (Lipinski definition) is 5. The molecule has 0 spiro atoms. The number of anilines is 1. The molecule has 0 unspecified atom stereocenters. The lowest BCUT2D eigenvalue weighted by atomic mass is 10.1. The third-order valence-electron chi connectivity index (χ3n) is 4.15. The molecule has 0 radical (unpaired) electrons. The summed E-state index contributed by atoms with van der Waals surface area (Å²) in [4.78, 5) is 16.0. The number of benzene rings is 2. The molecule has 2 N–H and O–H groups in total. The number of nitrogens with zero attached hydrogens (tertiary/aromatic N) is 2. The Balaban J connectivity index is 2.02. The van der Waals surface area contributed by atoms with Crippen LogP contribution < -0.4 is 5.32 Å². The molecule has 2 aromatic carbocycles. The molecular formula is C19H16F3N3O3. The number of nitrogens with one attached hydrogen (secondary N) is 1. The minimum absolute atomic E-state index is 0.155. The first-order valence-corrected chi connectivity index (χ1v) is 8.09. The highest BCUT2D eigenvalue weighted by Crippen LogP contribution is 2.36. The number of carbonyl (C=O) groups is 1. The normalized spacial score (nSPS) is 11.3. The molecule has 1 aromatic heterocycles. The number of ether oxygens (including phenoxy) is 1. The van der Waals surface area contributed by atoms with Gasteiger partial charge >= 0.3 is 12.1 Å². The molecular weight excluding hydrogens is 375 g/mol. The van der Waals surface area contributed by atoms with E-state index in [2.05, 4.69) is 10.3 Å². The standard InChI is InChI=1S/C19H16F3N3O3/c1-23-14-6-3-11(18(27)28-2)7-16(14)25-9-15(24-10-25)13-5-4-12(8-17(13)26)19(20,21)22/h3-10,23,26H,1-2H3. The summed E-state index contributed by atoms with van der Waals surface area (Å²) in [6.07, 6.45) is -1.57. The summed E-state index contributed by atoms with van der Waals surface area (Å²) in [5, 5.41) is 13.0. The van der Waals surface area contributed by atoms with Crippen LogP contribution in [0, 0.1) is 0 Å². The minimum atomic E-state index is -4.55. The van der Waals surface area contributed by atoms with Crippen molar-refractivity contribution in [3.63, 3.8) is 0 Å². The highest BCUT2D eigenvalue weighted by Gasteiger charge is 2.31. The first-order valence-electron chi connectivity index (χ1n) is 8.09. The van der Waals surface area contributed by atoms with Gasteiger partial charge in [0.25, 0.3) is 0 Å². The van der Waals surface area contributed by atoms with E-state index >= 15 is 0 Å². The molecule has 0 atom stereocenters. The summed E-state index contributed by atoms with van der Waals surface area (Å²) in [5.74, 6) is -1.04. The Bertz CT molecular complexity index is 1030. The van der Waals surface area contributed by atoms with Crippen LogP contribution in [0.1, 0.15) is 15.9 Å². The van der Waals surface area contributed by atoms with E-state index in [4.69, 9.17) is 4.74 Å². The lowest BCUT2D eigenvalue weighted by Gasteiger charge is -2.11. The number of aromatic nitrogens is 2. The molecule has 6 nitrogen and oxygen atoms in total. The highest BCUT2D eigenvalue weighted by molar-refractivity contribution is 5.91. The van der Waals surface area contributed by atoms with E-state index in [0.717, 1.165) is 12.1 Å². The quantitative estimate of drug-likeness (QED) is 0.655. The molecule has 28 heavy (non-hydrogen) atoms. The van der Waals surface area contributed by atoms with Gasteiger partial charge in [-0.3, -0.25) is 0 Å². The maximum Gasteiger partial charge on any atom is 0.416 e. The third-order valence-corrected chi connectivity index (χ3v) is 4.15. The van der Waals surface area contributed by atoms with Crippen LogP contribution in [-0.4, -0.2) is 34.8 Å². The molecule has 0 aliphatic heterocycles. The van der Waals surface area contributed by atoms with Crippen LogP contribution in [0.3, 0.4) is 0 Å². The average Bonchev–Trinajstić information content (AvgIpc) is 3.15. The Morgan fingerprint density at radius 2 is 1.96 bits per heavy atom. The molecule has 9 heteroatoms. The zero-order valence-electron chi connectivity index (χ0n) is 14.9. The van der Waals surface area contributed by atoms with Gasteiger partial charge in [-0.1, -0.05) is 0 Å². The zero-order chi connectivity index (χ0) is 20.5. The van der Waals surface area contributed by atoms with Crippen molar-refractivity contribution in [1.82, 2.24) is 9.55 Å².